The molecule has 2 rings (SSSR count). The molecule has 0 bridgehead atoms. The number of carbonyl (C=O) groups is 1. The summed E-state index contributed by atoms with van der Waals surface area (Å²) >= 11 is 0. The van der Waals surface area contributed by atoms with E-state index in [1.54, 1.807) is 0 Å². The van der Waals surface area contributed by atoms with Crippen LogP contribution in [0, 0.1) is 11.8 Å². The van der Waals surface area contributed by atoms with Gasteiger partial charge in [0.2, 0.25) is 0 Å². The average molecular weight is 296 g/mol. The molecule has 0 aromatic carbocycles. The number of nitrogens with zero attached hydrogens (tertiary/aromatic N) is 1. The van der Waals surface area contributed by atoms with E-state index in [-0.39, 0.29) is 5.97 Å². The van der Waals surface area contributed by atoms with Crippen LogP contribution in [-0.2, 0) is 9.53 Å². The van der Waals surface area contributed by atoms with Crippen molar-refractivity contribution in [2.45, 2.75) is 57.9 Å². The molecule has 2 fully saturated rings. The number of hydrogen-bond acceptors (Lipinski definition) is 4. The predicted octanol–water partition coefficient (Wildman–Crippen LogP) is 2.43. The Labute approximate surface area is 129 Å². The van der Waals surface area contributed by atoms with Crippen molar-refractivity contribution in [1.29, 1.82) is 0 Å². The van der Waals surface area contributed by atoms with E-state index < -0.39 is 5.54 Å². The topological polar surface area (TPSA) is 41.6 Å². The minimum atomic E-state index is -0.549. The highest BCUT2D eigenvalue weighted by Crippen LogP contribution is 2.36. The molecule has 3 atom stereocenters. The van der Waals surface area contributed by atoms with Gasteiger partial charge >= 0.3 is 5.97 Å². The fourth-order valence-electron chi connectivity index (χ4n) is 4.14. The summed E-state index contributed by atoms with van der Waals surface area (Å²) in [6.07, 6.45) is 7.86. The zero-order chi connectivity index (χ0) is 15.3. The van der Waals surface area contributed by atoms with Crippen molar-refractivity contribution in [3.05, 3.63) is 0 Å². The molecule has 2 aliphatic rings. The molecule has 3 unspecified atom stereocenters. The summed E-state index contributed by atoms with van der Waals surface area (Å²) in [6, 6.07) is 0. The van der Waals surface area contributed by atoms with Crippen molar-refractivity contribution in [3.63, 3.8) is 0 Å². The molecular formula is C17H32N2O2. The summed E-state index contributed by atoms with van der Waals surface area (Å²) in [6.45, 7) is 8.21. The summed E-state index contributed by atoms with van der Waals surface area (Å²) in [7, 11) is 1.48. The van der Waals surface area contributed by atoms with Crippen molar-refractivity contribution >= 4 is 5.97 Å². The number of fused-ring (bicyclic) bond motifs is 1. The summed E-state index contributed by atoms with van der Waals surface area (Å²) in [4.78, 5) is 14.6. The summed E-state index contributed by atoms with van der Waals surface area (Å²) < 4.78 is 4.97. The maximum absolute atomic E-state index is 12.0. The normalized spacial score (nSPS) is 29.5. The number of piperidine rings is 1. The zero-order valence-electron chi connectivity index (χ0n) is 14.0. The molecule has 1 aliphatic carbocycles. The second-order valence-electron chi connectivity index (χ2n) is 7.00. The lowest BCUT2D eigenvalue weighted by Crippen LogP contribution is -2.53. The molecule has 1 aliphatic heterocycles. The molecule has 21 heavy (non-hydrogen) atoms. The number of likely N-dealkylation sites (tertiary alicyclic amines) is 1. The van der Waals surface area contributed by atoms with Gasteiger partial charge in [-0.2, -0.15) is 0 Å². The maximum Gasteiger partial charge on any atom is 0.325 e. The lowest BCUT2D eigenvalue weighted by Gasteiger charge is -2.42. The number of carbonyl (C=O) groups excluding carboxylic acids is 1. The fraction of sp³-hybridized carbons (Fsp3) is 0.941. The first-order valence-electron chi connectivity index (χ1n) is 8.65. The predicted molar refractivity (Wildman–Crippen MR) is 85.2 cm³/mol. The molecule has 0 amide bonds. The second-order valence-corrected chi connectivity index (χ2v) is 7.00. The highest BCUT2D eigenvalue weighted by molar-refractivity contribution is 5.80. The van der Waals surface area contributed by atoms with Crippen molar-refractivity contribution in [1.82, 2.24) is 10.2 Å². The SMILES string of the molecule is CCNC(C)(CCN1CCC2CCCCC2C1)C(=O)OC. The minimum Gasteiger partial charge on any atom is -0.468 e. The Bertz CT molecular complexity index is 348. The van der Waals surface area contributed by atoms with Gasteiger partial charge in [0.1, 0.15) is 5.54 Å². The van der Waals surface area contributed by atoms with E-state index in [1.165, 1.54) is 52.3 Å². The Kier molecular flexibility index (Phi) is 6.06. The monoisotopic (exact) mass is 296 g/mol. The van der Waals surface area contributed by atoms with E-state index in [9.17, 15) is 4.79 Å². The van der Waals surface area contributed by atoms with Crippen molar-refractivity contribution in [3.8, 4) is 0 Å². The van der Waals surface area contributed by atoms with Crippen LogP contribution in [0.2, 0.25) is 0 Å². The molecule has 122 valence electrons. The molecular weight excluding hydrogens is 264 g/mol. The van der Waals surface area contributed by atoms with Gasteiger partial charge in [0.15, 0.2) is 0 Å². The number of rotatable bonds is 6. The van der Waals surface area contributed by atoms with Crippen molar-refractivity contribution in [2.75, 3.05) is 33.3 Å². The third kappa shape index (κ3) is 4.19. The lowest BCUT2D eigenvalue weighted by atomic mass is 9.75. The fourth-order valence-corrected chi connectivity index (χ4v) is 4.14. The molecule has 4 heteroatoms. The van der Waals surface area contributed by atoms with Crippen molar-refractivity contribution in [2.24, 2.45) is 11.8 Å². The van der Waals surface area contributed by atoms with Gasteiger partial charge in [-0.05, 0) is 51.1 Å². The first-order valence-corrected chi connectivity index (χ1v) is 8.65. The van der Waals surface area contributed by atoms with Crippen LogP contribution in [0.15, 0.2) is 0 Å². The molecule has 4 nitrogen and oxygen atoms in total. The summed E-state index contributed by atoms with van der Waals surface area (Å²) in [5.74, 6) is 1.73. The quantitative estimate of drug-likeness (QED) is 0.764. The molecule has 1 saturated carbocycles. The van der Waals surface area contributed by atoms with Gasteiger partial charge in [-0.25, -0.2) is 0 Å². The van der Waals surface area contributed by atoms with Gasteiger partial charge in [0, 0.05) is 13.1 Å². The largest absolute Gasteiger partial charge is 0.468 e. The molecule has 1 saturated heterocycles. The summed E-state index contributed by atoms with van der Waals surface area (Å²) in [5.41, 5.74) is -0.549. The Balaban J connectivity index is 1.85. The Hall–Kier alpha value is -0.610. The van der Waals surface area contributed by atoms with Gasteiger partial charge in [0.25, 0.3) is 0 Å². The van der Waals surface area contributed by atoms with E-state index in [2.05, 4.69) is 10.2 Å². The zero-order valence-corrected chi connectivity index (χ0v) is 14.0. The van der Waals surface area contributed by atoms with Crippen LogP contribution in [0.4, 0.5) is 0 Å². The third-order valence-corrected chi connectivity index (χ3v) is 5.51. The highest BCUT2D eigenvalue weighted by Gasteiger charge is 2.35. The van der Waals surface area contributed by atoms with Crippen LogP contribution in [0.25, 0.3) is 0 Å². The highest BCUT2D eigenvalue weighted by atomic mass is 16.5. The third-order valence-electron chi connectivity index (χ3n) is 5.51. The van der Waals surface area contributed by atoms with E-state index in [4.69, 9.17) is 4.74 Å². The summed E-state index contributed by atoms with van der Waals surface area (Å²) in [5, 5.41) is 3.30. The molecule has 0 spiro atoms. The van der Waals surface area contributed by atoms with Crippen LogP contribution in [0.5, 0.6) is 0 Å². The van der Waals surface area contributed by atoms with Crippen molar-refractivity contribution < 1.29 is 9.53 Å². The van der Waals surface area contributed by atoms with Gasteiger partial charge < -0.3 is 15.0 Å². The van der Waals surface area contributed by atoms with Crippen LogP contribution in [-0.4, -0.2) is 49.7 Å². The maximum atomic E-state index is 12.0. The molecule has 1 N–H and O–H groups in total. The standard InChI is InChI=1S/C17H32N2O2/c1-4-18-17(2,16(20)21-3)10-12-19-11-9-14-7-5-6-8-15(14)13-19/h14-15,18H,4-13H2,1-3H3. The van der Waals surface area contributed by atoms with E-state index in [0.29, 0.717) is 0 Å². The van der Waals surface area contributed by atoms with Gasteiger partial charge in [-0.1, -0.05) is 26.2 Å². The number of nitrogens with one attached hydrogen (secondary N) is 1. The number of hydrogen-bond donors (Lipinski definition) is 1. The average Bonchev–Trinajstić information content (AvgIpc) is 2.52. The molecule has 1 heterocycles. The minimum absolute atomic E-state index is 0.142. The Morgan fingerprint density at radius 1 is 1.29 bits per heavy atom. The van der Waals surface area contributed by atoms with Gasteiger partial charge in [-0.15, -0.1) is 0 Å². The lowest BCUT2D eigenvalue weighted by molar-refractivity contribution is -0.148. The van der Waals surface area contributed by atoms with Gasteiger partial charge in [0.05, 0.1) is 7.11 Å². The van der Waals surface area contributed by atoms with E-state index in [0.717, 1.165) is 31.3 Å². The van der Waals surface area contributed by atoms with Crippen LogP contribution >= 0.6 is 0 Å². The Morgan fingerprint density at radius 2 is 2.00 bits per heavy atom. The first kappa shape index (κ1) is 16.8. The second kappa shape index (κ2) is 7.59. The number of methoxy groups -OCH3 is 1. The molecule has 0 radical (unpaired) electrons. The number of ether oxygens (including phenoxy) is 1. The molecule has 0 aromatic rings. The Morgan fingerprint density at radius 3 is 2.67 bits per heavy atom. The number of esters is 1. The van der Waals surface area contributed by atoms with Crippen LogP contribution in [0.1, 0.15) is 52.4 Å². The van der Waals surface area contributed by atoms with Crippen LogP contribution < -0.4 is 5.32 Å². The molecule has 0 aromatic heterocycles. The number of likely N-dealkylation sites (N-methyl/N-ethyl adjacent to an activating group) is 1. The van der Waals surface area contributed by atoms with Gasteiger partial charge in [-0.3, -0.25) is 4.79 Å². The van der Waals surface area contributed by atoms with E-state index >= 15 is 0 Å². The first-order chi connectivity index (χ1) is 10.1. The van der Waals surface area contributed by atoms with Crippen LogP contribution in [0.3, 0.4) is 0 Å². The smallest absolute Gasteiger partial charge is 0.325 e. The van der Waals surface area contributed by atoms with E-state index in [1.807, 2.05) is 13.8 Å².